The topological polar surface area (TPSA) is 29.5 Å². The van der Waals surface area contributed by atoms with Gasteiger partial charge in [-0.3, -0.25) is 4.79 Å². The van der Waals surface area contributed by atoms with Crippen LogP contribution in [0.4, 0.5) is 0 Å². The Hall–Kier alpha value is -1.36. The van der Waals surface area contributed by atoms with Crippen molar-refractivity contribution in [3.63, 3.8) is 0 Å². The van der Waals surface area contributed by atoms with Crippen molar-refractivity contribution in [3.8, 4) is 0 Å². The van der Waals surface area contributed by atoms with Gasteiger partial charge in [-0.05, 0) is 42.8 Å². The van der Waals surface area contributed by atoms with E-state index in [0.717, 1.165) is 39.0 Å². The summed E-state index contributed by atoms with van der Waals surface area (Å²) in [5.74, 6) is 0.0269. The molecule has 0 radical (unpaired) electrons. The monoisotopic (exact) mass is 349 g/mol. The van der Waals surface area contributed by atoms with Crippen LogP contribution in [0.1, 0.15) is 28.1 Å². The molecule has 0 spiro atoms. The summed E-state index contributed by atoms with van der Waals surface area (Å²) < 4.78 is 5.45. The van der Waals surface area contributed by atoms with Crippen molar-refractivity contribution in [3.05, 3.63) is 57.2 Å². The largest absolute Gasteiger partial charge is 0.381 e. The quantitative estimate of drug-likeness (QED) is 0.807. The molecule has 3 nitrogen and oxygen atoms in total. The van der Waals surface area contributed by atoms with Crippen molar-refractivity contribution in [2.75, 3.05) is 19.8 Å². The Bertz CT molecular complexity index is 638. The standard InChI is InChI=1S/C18H20ClNO2S/c19-17-6-2-1-5-16(17)18(21)20(14-8-11-22-12-9-14)10-7-15-4-3-13-23-15/h1-6,13-14H,7-12H2. The van der Waals surface area contributed by atoms with Crippen LogP contribution < -0.4 is 0 Å². The van der Waals surface area contributed by atoms with Crippen LogP contribution in [0.5, 0.6) is 0 Å². The second-order valence-corrected chi connectivity index (χ2v) is 7.09. The molecule has 23 heavy (non-hydrogen) atoms. The lowest BCUT2D eigenvalue weighted by molar-refractivity contribution is 0.0294. The molecule has 1 saturated heterocycles. The van der Waals surface area contributed by atoms with Crippen LogP contribution in [0.15, 0.2) is 41.8 Å². The molecule has 2 aromatic rings. The Morgan fingerprint density at radius 3 is 2.70 bits per heavy atom. The molecule has 0 bridgehead atoms. The Morgan fingerprint density at radius 2 is 2.00 bits per heavy atom. The number of ether oxygens (including phenoxy) is 1. The zero-order chi connectivity index (χ0) is 16.1. The summed E-state index contributed by atoms with van der Waals surface area (Å²) in [6.07, 6.45) is 2.66. The SMILES string of the molecule is O=C(c1ccccc1Cl)N(CCc1cccs1)C1CCOCC1. The minimum atomic E-state index is 0.0269. The first-order valence-electron chi connectivity index (χ1n) is 7.91. The highest BCUT2D eigenvalue weighted by Crippen LogP contribution is 2.23. The van der Waals surface area contributed by atoms with Crippen LogP contribution in [0, 0.1) is 0 Å². The van der Waals surface area contributed by atoms with E-state index in [-0.39, 0.29) is 11.9 Å². The Kier molecular flexibility index (Phi) is 5.70. The van der Waals surface area contributed by atoms with Gasteiger partial charge in [-0.1, -0.05) is 29.8 Å². The maximum Gasteiger partial charge on any atom is 0.255 e. The van der Waals surface area contributed by atoms with Crippen LogP contribution in [0.2, 0.25) is 5.02 Å². The van der Waals surface area contributed by atoms with Crippen LogP contribution in [-0.4, -0.2) is 36.6 Å². The van der Waals surface area contributed by atoms with Crippen molar-refractivity contribution in [1.82, 2.24) is 4.90 Å². The number of halogens is 1. The fourth-order valence-electron chi connectivity index (χ4n) is 2.92. The predicted molar refractivity (Wildman–Crippen MR) is 94.4 cm³/mol. The summed E-state index contributed by atoms with van der Waals surface area (Å²) in [4.78, 5) is 16.3. The number of hydrogen-bond acceptors (Lipinski definition) is 3. The predicted octanol–water partition coefficient (Wildman–Crippen LogP) is 4.27. The van der Waals surface area contributed by atoms with Gasteiger partial charge in [0, 0.05) is 30.7 Å². The van der Waals surface area contributed by atoms with Crippen LogP contribution in [0.3, 0.4) is 0 Å². The number of hydrogen-bond donors (Lipinski definition) is 0. The zero-order valence-electron chi connectivity index (χ0n) is 12.9. The fourth-order valence-corrected chi connectivity index (χ4v) is 3.84. The summed E-state index contributed by atoms with van der Waals surface area (Å²) >= 11 is 7.97. The molecular formula is C18H20ClNO2S. The van der Waals surface area contributed by atoms with Gasteiger partial charge >= 0.3 is 0 Å². The number of amides is 1. The number of rotatable bonds is 5. The molecule has 1 aliphatic rings. The van der Waals surface area contributed by atoms with Crippen molar-refractivity contribution in [2.45, 2.75) is 25.3 Å². The summed E-state index contributed by atoms with van der Waals surface area (Å²) in [6, 6.07) is 11.7. The molecule has 3 rings (SSSR count). The van der Waals surface area contributed by atoms with E-state index in [1.807, 2.05) is 23.1 Å². The fraction of sp³-hybridized carbons (Fsp3) is 0.389. The molecule has 2 heterocycles. The summed E-state index contributed by atoms with van der Waals surface area (Å²) in [6.45, 7) is 2.15. The van der Waals surface area contributed by atoms with Crippen LogP contribution in [0.25, 0.3) is 0 Å². The third-order valence-corrected chi connectivity index (χ3v) is 5.44. The maximum atomic E-state index is 13.0. The van der Waals surface area contributed by atoms with Crippen molar-refractivity contribution in [2.24, 2.45) is 0 Å². The van der Waals surface area contributed by atoms with Crippen LogP contribution in [-0.2, 0) is 11.2 Å². The Morgan fingerprint density at radius 1 is 1.22 bits per heavy atom. The molecule has 0 aliphatic carbocycles. The molecule has 0 unspecified atom stereocenters. The zero-order valence-corrected chi connectivity index (χ0v) is 14.5. The van der Waals surface area contributed by atoms with Gasteiger partial charge in [-0.2, -0.15) is 0 Å². The van der Waals surface area contributed by atoms with Gasteiger partial charge in [0.25, 0.3) is 5.91 Å². The molecule has 122 valence electrons. The van der Waals surface area contributed by atoms with Crippen molar-refractivity contribution >= 4 is 28.8 Å². The van der Waals surface area contributed by atoms with E-state index < -0.39 is 0 Å². The summed E-state index contributed by atoms with van der Waals surface area (Å²) in [5, 5.41) is 2.59. The van der Waals surface area contributed by atoms with Gasteiger partial charge in [0.1, 0.15) is 0 Å². The molecule has 1 amide bonds. The third kappa shape index (κ3) is 4.14. The molecule has 0 atom stereocenters. The molecule has 1 aromatic carbocycles. The average molecular weight is 350 g/mol. The first-order chi connectivity index (χ1) is 11.3. The first kappa shape index (κ1) is 16.5. The number of thiophene rings is 1. The van der Waals surface area contributed by atoms with Crippen molar-refractivity contribution in [1.29, 1.82) is 0 Å². The molecule has 1 aromatic heterocycles. The van der Waals surface area contributed by atoms with Gasteiger partial charge in [0.2, 0.25) is 0 Å². The highest BCUT2D eigenvalue weighted by molar-refractivity contribution is 7.09. The highest BCUT2D eigenvalue weighted by atomic mass is 35.5. The van der Waals surface area contributed by atoms with E-state index >= 15 is 0 Å². The molecule has 0 saturated carbocycles. The minimum Gasteiger partial charge on any atom is -0.381 e. The smallest absolute Gasteiger partial charge is 0.255 e. The molecule has 1 aliphatic heterocycles. The summed E-state index contributed by atoms with van der Waals surface area (Å²) in [7, 11) is 0. The average Bonchev–Trinajstić information content (AvgIpc) is 3.10. The van der Waals surface area contributed by atoms with E-state index in [9.17, 15) is 4.79 Å². The molecular weight excluding hydrogens is 330 g/mol. The Labute approximate surface area is 145 Å². The van der Waals surface area contributed by atoms with Gasteiger partial charge in [0.05, 0.1) is 10.6 Å². The van der Waals surface area contributed by atoms with E-state index in [2.05, 4.69) is 17.5 Å². The summed E-state index contributed by atoms with van der Waals surface area (Å²) in [5.41, 5.74) is 0.590. The molecule has 1 fully saturated rings. The number of nitrogens with zero attached hydrogens (tertiary/aromatic N) is 1. The minimum absolute atomic E-state index is 0.0269. The van der Waals surface area contributed by atoms with Gasteiger partial charge < -0.3 is 9.64 Å². The normalized spacial score (nSPS) is 15.5. The third-order valence-electron chi connectivity index (χ3n) is 4.18. The molecule has 5 heteroatoms. The second-order valence-electron chi connectivity index (χ2n) is 5.65. The van der Waals surface area contributed by atoms with E-state index in [4.69, 9.17) is 16.3 Å². The van der Waals surface area contributed by atoms with Crippen LogP contribution >= 0.6 is 22.9 Å². The van der Waals surface area contributed by atoms with Gasteiger partial charge in [-0.15, -0.1) is 11.3 Å². The number of benzene rings is 1. The van der Waals surface area contributed by atoms with Gasteiger partial charge in [-0.25, -0.2) is 0 Å². The van der Waals surface area contributed by atoms with E-state index in [1.165, 1.54) is 4.88 Å². The Balaban J connectivity index is 1.78. The lowest BCUT2D eigenvalue weighted by Gasteiger charge is -2.34. The molecule has 0 N–H and O–H groups in total. The lowest BCUT2D eigenvalue weighted by atomic mass is 10.0. The maximum absolute atomic E-state index is 13.0. The first-order valence-corrected chi connectivity index (χ1v) is 9.17. The number of carbonyl (C=O) groups is 1. The lowest BCUT2D eigenvalue weighted by Crippen LogP contribution is -2.44. The van der Waals surface area contributed by atoms with Crippen molar-refractivity contribution < 1.29 is 9.53 Å². The number of carbonyl (C=O) groups excluding carboxylic acids is 1. The highest BCUT2D eigenvalue weighted by Gasteiger charge is 2.27. The van der Waals surface area contributed by atoms with Gasteiger partial charge in [0.15, 0.2) is 0 Å². The van der Waals surface area contributed by atoms with E-state index in [1.54, 1.807) is 17.4 Å². The van der Waals surface area contributed by atoms with E-state index in [0.29, 0.717) is 10.6 Å². The second kappa shape index (κ2) is 7.95.